The van der Waals surface area contributed by atoms with Crippen molar-refractivity contribution in [2.45, 2.75) is 13.8 Å². The number of fused-ring (bicyclic) bond motifs is 1. The van der Waals surface area contributed by atoms with E-state index in [1.807, 2.05) is 68.4 Å². The van der Waals surface area contributed by atoms with Crippen LogP contribution < -0.4 is 9.64 Å². The van der Waals surface area contributed by atoms with Gasteiger partial charge in [0.1, 0.15) is 5.75 Å². The molecule has 30 heavy (non-hydrogen) atoms. The molecule has 0 aliphatic carbocycles. The fraction of sp³-hybridized carbons (Fsp3) is 0.174. The summed E-state index contributed by atoms with van der Waals surface area (Å²) in [5, 5.41) is 5.62. The van der Waals surface area contributed by atoms with Crippen LogP contribution in [0.25, 0.3) is 16.7 Å². The second kappa shape index (κ2) is 8.16. The number of aromatic nitrogens is 3. The molecule has 0 saturated carbocycles. The summed E-state index contributed by atoms with van der Waals surface area (Å²) in [5.41, 5.74) is 3.25. The molecule has 1 amide bonds. The number of aryl methyl sites for hydroxylation is 1. The summed E-state index contributed by atoms with van der Waals surface area (Å²) >= 11 is 6.72. The maximum absolute atomic E-state index is 13.3. The van der Waals surface area contributed by atoms with E-state index in [9.17, 15) is 4.79 Å². The maximum atomic E-state index is 13.3. The number of para-hydroxylation sites is 1. The van der Waals surface area contributed by atoms with E-state index in [-0.39, 0.29) is 5.91 Å². The van der Waals surface area contributed by atoms with Gasteiger partial charge in [-0.25, -0.2) is 9.67 Å². The lowest BCUT2D eigenvalue weighted by molar-refractivity contribution is 0.0988. The molecule has 0 N–H and O–H groups in total. The van der Waals surface area contributed by atoms with E-state index in [0.717, 1.165) is 11.4 Å². The van der Waals surface area contributed by atoms with Crippen LogP contribution in [-0.2, 0) is 0 Å². The van der Waals surface area contributed by atoms with Crippen LogP contribution in [0.3, 0.4) is 0 Å². The highest BCUT2D eigenvalue weighted by molar-refractivity contribution is 6.39. The highest BCUT2D eigenvalue weighted by Gasteiger charge is 2.23. The van der Waals surface area contributed by atoms with Gasteiger partial charge >= 0.3 is 0 Å². The highest BCUT2D eigenvalue weighted by atomic mass is 35.5. The largest absolute Gasteiger partial charge is 0.497 e. The minimum absolute atomic E-state index is 0.198. The number of anilines is 1. The van der Waals surface area contributed by atoms with Crippen molar-refractivity contribution in [1.82, 2.24) is 14.8 Å². The lowest BCUT2D eigenvalue weighted by atomic mass is 10.1. The number of pyridine rings is 1. The maximum Gasteiger partial charge on any atom is 0.261 e. The number of hydrogen-bond donors (Lipinski definition) is 0. The molecule has 2 aromatic carbocycles. The number of benzene rings is 2. The predicted molar refractivity (Wildman–Crippen MR) is 119 cm³/mol. The molecule has 152 valence electrons. The third kappa shape index (κ3) is 3.39. The van der Waals surface area contributed by atoms with Gasteiger partial charge in [-0.3, -0.25) is 4.79 Å². The minimum atomic E-state index is -0.198. The van der Waals surface area contributed by atoms with Crippen molar-refractivity contribution in [3.8, 4) is 11.4 Å². The van der Waals surface area contributed by atoms with Gasteiger partial charge in [0, 0.05) is 24.5 Å². The molecule has 0 fully saturated rings. The molecule has 0 radical (unpaired) electrons. The van der Waals surface area contributed by atoms with Crippen LogP contribution in [0, 0.1) is 6.92 Å². The Labute approximate surface area is 179 Å². The number of methoxy groups -OCH3 is 1. The second-order valence-electron chi connectivity index (χ2n) is 6.77. The van der Waals surface area contributed by atoms with Crippen molar-refractivity contribution in [3.05, 3.63) is 77.1 Å². The number of ether oxygens (including phenoxy) is 1. The van der Waals surface area contributed by atoms with Crippen molar-refractivity contribution in [2.75, 3.05) is 18.6 Å². The molecule has 4 rings (SSSR count). The zero-order valence-corrected chi connectivity index (χ0v) is 17.7. The van der Waals surface area contributed by atoms with Crippen LogP contribution in [0.15, 0.2) is 60.8 Å². The predicted octanol–water partition coefficient (Wildman–Crippen LogP) is 5.06. The fourth-order valence-corrected chi connectivity index (χ4v) is 3.83. The Morgan fingerprint density at radius 3 is 2.63 bits per heavy atom. The average molecular weight is 421 g/mol. The van der Waals surface area contributed by atoms with Crippen molar-refractivity contribution in [2.24, 2.45) is 0 Å². The molecule has 0 unspecified atom stereocenters. The second-order valence-corrected chi connectivity index (χ2v) is 7.15. The number of rotatable bonds is 5. The monoisotopic (exact) mass is 420 g/mol. The van der Waals surface area contributed by atoms with Gasteiger partial charge in [-0.05, 0) is 38.1 Å². The van der Waals surface area contributed by atoms with Gasteiger partial charge in [-0.2, -0.15) is 5.10 Å². The topological polar surface area (TPSA) is 60.2 Å². The molecule has 0 saturated heterocycles. The number of halogens is 1. The zero-order valence-electron chi connectivity index (χ0n) is 17.0. The molecule has 0 aliphatic rings. The first-order valence-electron chi connectivity index (χ1n) is 9.60. The van der Waals surface area contributed by atoms with Gasteiger partial charge in [0.15, 0.2) is 5.65 Å². The first kappa shape index (κ1) is 19.9. The quantitative estimate of drug-likeness (QED) is 0.453. The molecular formula is C23H21ClN4O2. The average Bonchev–Trinajstić information content (AvgIpc) is 3.12. The number of carbonyl (C=O) groups is 1. The zero-order chi connectivity index (χ0) is 21.3. The summed E-state index contributed by atoms with van der Waals surface area (Å²) in [4.78, 5) is 19.5. The Morgan fingerprint density at radius 1 is 1.17 bits per heavy atom. The Morgan fingerprint density at radius 2 is 1.93 bits per heavy atom. The van der Waals surface area contributed by atoms with Gasteiger partial charge in [-0.15, -0.1) is 0 Å². The van der Waals surface area contributed by atoms with Gasteiger partial charge in [0.25, 0.3) is 5.91 Å². The van der Waals surface area contributed by atoms with Crippen molar-refractivity contribution >= 4 is 34.2 Å². The lowest BCUT2D eigenvalue weighted by Gasteiger charge is -2.21. The Hall–Kier alpha value is -3.38. The molecule has 2 heterocycles. The molecule has 0 atom stereocenters. The minimum Gasteiger partial charge on any atom is -0.497 e. The summed E-state index contributed by atoms with van der Waals surface area (Å²) < 4.78 is 7.02. The number of carbonyl (C=O) groups excluding carboxylic acids is 1. The summed E-state index contributed by atoms with van der Waals surface area (Å²) in [6, 6.07) is 17.0. The van der Waals surface area contributed by atoms with E-state index in [4.69, 9.17) is 16.3 Å². The number of hydrogen-bond acceptors (Lipinski definition) is 4. The van der Waals surface area contributed by atoms with Crippen LogP contribution in [0.2, 0.25) is 5.02 Å². The summed E-state index contributed by atoms with van der Waals surface area (Å²) in [6.45, 7) is 4.30. The first-order valence-corrected chi connectivity index (χ1v) is 9.98. The summed E-state index contributed by atoms with van der Waals surface area (Å²) in [7, 11) is 1.62. The van der Waals surface area contributed by atoms with Gasteiger partial charge in [0.05, 0.1) is 34.5 Å². The first-order chi connectivity index (χ1) is 14.5. The van der Waals surface area contributed by atoms with Crippen LogP contribution in [-0.4, -0.2) is 34.3 Å². The van der Waals surface area contributed by atoms with E-state index in [2.05, 4.69) is 10.1 Å². The van der Waals surface area contributed by atoms with Crippen LogP contribution in [0.4, 0.5) is 5.69 Å². The Bertz CT molecular complexity index is 1220. The standard InChI is InChI=1S/C23H21ClN4O2/c1-4-27(16-9-6-5-7-10-16)23(29)19-14-25-22-20(21(19)24)15(2)26-28(22)17-11-8-12-18(13-17)30-3/h5-14H,4H2,1-3H3. The van der Waals surface area contributed by atoms with Crippen molar-refractivity contribution < 1.29 is 9.53 Å². The normalized spacial score (nSPS) is 10.9. The molecule has 0 bridgehead atoms. The van der Waals surface area contributed by atoms with E-state index in [1.54, 1.807) is 16.7 Å². The SMILES string of the molecule is CCN(C(=O)c1cnc2c(c(C)nn2-c2cccc(OC)c2)c1Cl)c1ccccc1. The molecular weight excluding hydrogens is 400 g/mol. The van der Waals surface area contributed by atoms with Crippen molar-refractivity contribution in [3.63, 3.8) is 0 Å². The van der Waals surface area contributed by atoms with Gasteiger partial charge < -0.3 is 9.64 Å². The van der Waals surface area contributed by atoms with Crippen LogP contribution in [0.1, 0.15) is 23.0 Å². The number of amides is 1. The van der Waals surface area contributed by atoms with E-state index in [1.165, 1.54) is 6.20 Å². The summed E-state index contributed by atoms with van der Waals surface area (Å²) in [5.74, 6) is 0.518. The third-order valence-corrected chi connectivity index (χ3v) is 5.36. The van der Waals surface area contributed by atoms with Crippen molar-refractivity contribution in [1.29, 1.82) is 0 Å². The Balaban J connectivity index is 1.82. The molecule has 0 aliphatic heterocycles. The smallest absolute Gasteiger partial charge is 0.261 e. The Kier molecular flexibility index (Phi) is 5.42. The molecule has 0 spiro atoms. The van der Waals surface area contributed by atoms with Crippen LogP contribution >= 0.6 is 11.6 Å². The van der Waals surface area contributed by atoms with Crippen LogP contribution in [0.5, 0.6) is 5.75 Å². The lowest BCUT2D eigenvalue weighted by Crippen LogP contribution is -2.31. The van der Waals surface area contributed by atoms with Gasteiger partial charge in [-0.1, -0.05) is 35.9 Å². The van der Waals surface area contributed by atoms with E-state index in [0.29, 0.717) is 39.6 Å². The molecule has 2 aromatic heterocycles. The third-order valence-electron chi connectivity index (χ3n) is 4.97. The molecule has 6 nitrogen and oxygen atoms in total. The number of nitrogens with zero attached hydrogens (tertiary/aromatic N) is 4. The molecule has 7 heteroatoms. The summed E-state index contributed by atoms with van der Waals surface area (Å²) in [6.07, 6.45) is 1.52. The molecule has 4 aromatic rings. The highest BCUT2D eigenvalue weighted by Crippen LogP contribution is 2.32. The van der Waals surface area contributed by atoms with E-state index < -0.39 is 0 Å². The fourth-order valence-electron chi connectivity index (χ4n) is 3.48. The van der Waals surface area contributed by atoms with E-state index >= 15 is 0 Å². The van der Waals surface area contributed by atoms with Gasteiger partial charge in [0.2, 0.25) is 0 Å².